The first-order valence-electron chi connectivity index (χ1n) is 10.3. The average Bonchev–Trinajstić information content (AvgIpc) is 3.06. The quantitative estimate of drug-likeness (QED) is 0.678. The third-order valence-electron chi connectivity index (χ3n) is 5.75. The lowest BCUT2D eigenvalue weighted by Gasteiger charge is -2.29. The largest absolute Gasteiger partial charge is 0.342 e. The molecule has 1 aromatic carbocycles. The van der Waals surface area contributed by atoms with Crippen LogP contribution in [0.15, 0.2) is 42.0 Å². The van der Waals surface area contributed by atoms with E-state index in [4.69, 9.17) is 0 Å². The Bertz CT molecular complexity index is 681. The van der Waals surface area contributed by atoms with Crippen molar-refractivity contribution in [2.24, 2.45) is 5.92 Å². The maximum absolute atomic E-state index is 13.1. The van der Waals surface area contributed by atoms with Gasteiger partial charge in [0.1, 0.15) is 0 Å². The van der Waals surface area contributed by atoms with E-state index in [0.29, 0.717) is 19.5 Å². The minimum absolute atomic E-state index is 0.113. The Hall–Kier alpha value is -2.10. The van der Waals surface area contributed by atoms with Gasteiger partial charge in [-0.15, -0.1) is 0 Å². The molecule has 1 atom stereocenters. The van der Waals surface area contributed by atoms with Crippen molar-refractivity contribution < 1.29 is 9.59 Å². The lowest BCUT2D eigenvalue weighted by atomic mass is 9.97. The molecule has 1 unspecified atom stereocenters. The fraction of sp³-hybridized carbons (Fsp3) is 0.565. The van der Waals surface area contributed by atoms with Gasteiger partial charge in [-0.2, -0.15) is 0 Å². The molecule has 0 spiro atoms. The Morgan fingerprint density at radius 1 is 1.22 bits per heavy atom. The van der Waals surface area contributed by atoms with Crippen molar-refractivity contribution >= 4 is 11.8 Å². The summed E-state index contributed by atoms with van der Waals surface area (Å²) in [6.07, 6.45) is 8.56. The van der Waals surface area contributed by atoms with Gasteiger partial charge in [0.25, 0.3) is 0 Å². The van der Waals surface area contributed by atoms with E-state index in [9.17, 15) is 9.59 Å². The highest BCUT2D eigenvalue weighted by Gasteiger charge is 2.37. The Kier molecular flexibility index (Phi) is 6.70. The van der Waals surface area contributed by atoms with Crippen molar-refractivity contribution in [2.75, 3.05) is 13.1 Å². The molecule has 2 aliphatic rings. The molecule has 0 bridgehead atoms. The average molecular weight is 369 g/mol. The van der Waals surface area contributed by atoms with Crippen molar-refractivity contribution in [3.63, 3.8) is 0 Å². The molecule has 2 amide bonds. The molecule has 1 aliphatic carbocycles. The second-order valence-electron chi connectivity index (χ2n) is 8.14. The zero-order valence-electron chi connectivity index (χ0n) is 16.7. The summed E-state index contributed by atoms with van der Waals surface area (Å²) in [5.41, 5.74) is 2.61. The zero-order valence-corrected chi connectivity index (χ0v) is 16.7. The van der Waals surface area contributed by atoms with E-state index >= 15 is 0 Å². The smallest absolute Gasteiger partial charge is 0.228 e. The predicted molar refractivity (Wildman–Crippen MR) is 108 cm³/mol. The van der Waals surface area contributed by atoms with E-state index in [1.54, 1.807) is 0 Å². The van der Waals surface area contributed by atoms with Crippen LogP contribution in [0.4, 0.5) is 0 Å². The molecule has 4 nitrogen and oxygen atoms in total. The molecule has 0 N–H and O–H groups in total. The number of benzene rings is 1. The van der Waals surface area contributed by atoms with Crippen molar-refractivity contribution in [3.05, 3.63) is 47.5 Å². The summed E-state index contributed by atoms with van der Waals surface area (Å²) >= 11 is 0. The number of nitrogens with zero attached hydrogens (tertiary/aromatic N) is 2. The predicted octanol–water partition coefficient (Wildman–Crippen LogP) is 4.16. The number of carbonyl (C=O) groups is 2. The third kappa shape index (κ3) is 5.21. The van der Waals surface area contributed by atoms with Crippen molar-refractivity contribution in [1.82, 2.24) is 9.80 Å². The second kappa shape index (κ2) is 9.20. The van der Waals surface area contributed by atoms with Crippen molar-refractivity contribution in [1.29, 1.82) is 0 Å². The fourth-order valence-corrected chi connectivity index (χ4v) is 4.09. The van der Waals surface area contributed by atoms with E-state index in [1.807, 2.05) is 54.0 Å². The first-order valence-corrected chi connectivity index (χ1v) is 10.3. The molecular weight excluding hydrogens is 336 g/mol. The van der Waals surface area contributed by atoms with Crippen LogP contribution in [0, 0.1) is 5.92 Å². The summed E-state index contributed by atoms with van der Waals surface area (Å²) in [5.74, 6) is 0.0405. The standard InChI is InChI=1S/C23H32N2O2/c1-18(2)25(16-20-11-7-4-8-12-20)23(27)21-15-22(26)24(17-21)14-13-19-9-5-3-6-10-19/h4,7-9,11-12,18,21H,3,5-6,10,13-17H2,1-2H3. The van der Waals surface area contributed by atoms with Crippen LogP contribution in [0.25, 0.3) is 0 Å². The van der Waals surface area contributed by atoms with Gasteiger partial charge in [0.2, 0.25) is 11.8 Å². The van der Waals surface area contributed by atoms with Gasteiger partial charge in [-0.1, -0.05) is 42.0 Å². The van der Waals surface area contributed by atoms with Crippen LogP contribution in [-0.2, 0) is 16.1 Å². The SMILES string of the molecule is CC(C)N(Cc1ccccc1)C(=O)C1CC(=O)N(CCC2=CCCCC2)C1. The molecule has 1 heterocycles. The van der Waals surface area contributed by atoms with Gasteiger partial charge in [0.15, 0.2) is 0 Å². The van der Waals surface area contributed by atoms with Crippen molar-refractivity contribution in [3.8, 4) is 0 Å². The number of allylic oxidation sites excluding steroid dienone is 1. The maximum Gasteiger partial charge on any atom is 0.228 e. The summed E-state index contributed by atoms with van der Waals surface area (Å²) in [7, 11) is 0. The van der Waals surface area contributed by atoms with E-state index < -0.39 is 0 Å². The number of rotatable bonds is 7. The Morgan fingerprint density at radius 2 is 2.00 bits per heavy atom. The molecule has 0 aromatic heterocycles. The number of amides is 2. The van der Waals surface area contributed by atoms with E-state index in [1.165, 1.54) is 31.3 Å². The minimum Gasteiger partial charge on any atom is -0.342 e. The molecule has 0 radical (unpaired) electrons. The molecule has 4 heteroatoms. The van der Waals surface area contributed by atoms with Crippen LogP contribution in [0.1, 0.15) is 57.9 Å². The molecule has 3 rings (SSSR count). The molecule has 146 valence electrons. The Labute approximate surface area is 163 Å². The number of hydrogen-bond donors (Lipinski definition) is 0. The van der Waals surface area contributed by atoms with E-state index in [-0.39, 0.29) is 23.8 Å². The van der Waals surface area contributed by atoms with Crippen LogP contribution in [0.3, 0.4) is 0 Å². The molecule has 1 aliphatic heterocycles. The lowest BCUT2D eigenvalue weighted by Crippen LogP contribution is -2.41. The molecule has 1 fully saturated rings. The highest BCUT2D eigenvalue weighted by molar-refractivity contribution is 5.89. The number of carbonyl (C=O) groups excluding carboxylic acids is 2. The molecule has 27 heavy (non-hydrogen) atoms. The Balaban J connectivity index is 1.58. The van der Waals surface area contributed by atoms with Crippen molar-refractivity contribution in [2.45, 2.75) is 65.0 Å². The van der Waals surface area contributed by atoms with Gasteiger partial charge in [-0.25, -0.2) is 0 Å². The van der Waals surface area contributed by atoms with E-state index in [0.717, 1.165) is 18.5 Å². The molecular formula is C23H32N2O2. The molecule has 0 saturated carbocycles. The normalized spacial score (nSPS) is 20.1. The highest BCUT2D eigenvalue weighted by atomic mass is 16.2. The summed E-state index contributed by atoms with van der Waals surface area (Å²) < 4.78 is 0. The first-order chi connectivity index (χ1) is 13.0. The summed E-state index contributed by atoms with van der Waals surface area (Å²) in [4.78, 5) is 29.4. The van der Waals surface area contributed by atoms with Crippen LogP contribution in [0.2, 0.25) is 0 Å². The molecule has 1 aromatic rings. The number of hydrogen-bond acceptors (Lipinski definition) is 2. The van der Waals surface area contributed by atoms with Gasteiger partial charge < -0.3 is 9.80 Å². The lowest BCUT2D eigenvalue weighted by molar-refractivity contribution is -0.138. The van der Waals surface area contributed by atoms with E-state index in [2.05, 4.69) is 6.08 Å². The summed E-state index contributed by atoms with van der Waals surface area (Å²) in [6, 6.07) is 10.2. The van der Waals surface area contributed by atoms with Gasteiger partial charge in [0, 0.05) is 32.1 Å². The summed E-state index contributed by atoms with van der Waals surface area (Å²) in [5, 5.41) is 0. The van der Waals surface area contributed by atoms with Crippen LogP contribution in [0.5, 0.6) is 0 Å². The Morgan fingerprint density at radius 3 is 2.67 bits per heavy atom. The zero-order chi connectivity index (χ0) is 19.2. The highest BCUT2D eigenvalue weighted by Crippen LogP contribution is 2.25. The molecule has 1 saturated heterocycles. The first kappa shape index (κ1) is 19.7. The van der Waals surface area contributed by atoms with Crippen LogP contribution in [-0.4, -0.2) is 40.7 Å². The summed E-state index contributed by atoms with van der Waals surface area (Å²) in [6.45, 7) is 6.03. The van der Waals surface area contributed by atoms with Gasteiger partial charge >= 0.3 is 0 Å². The second-order valence-corrected chi connectivity index (χ2v) is 8.14. The van der Waals surface area contributed by atoms with Crippen LogP contribution >= 0.6 is 0 Å². The minimum atomic E-state index is -0.205. The fourth-order valence-electron chi connectivity index (χ4n) is 4.09. The number of likely N-dealkylation sites (tertiary alicyclic amines) is 1. The third-order valence-corrected chi connectivity index (χ3v) is 5.75. The maximum atomic E-state index is 13.1. The monoisotopic (exact) mass is 368 g/mol. The van der Waals surface area contributed by atoms with Crippen LogP contribution < -0.4 is 0 Å². The van der Waals surface area contributed by atoms with Gasteiger partial charge in [0.05, 0.1) is 5.92 Å². The van der Waals surface area contributed by atoms with Gasteiger partial charge in [-0.05, 0) is 51.5 Å². The topological polar surface area (TPSA) is 40.6 Å². The van der Waals surface area contributed by atoms with Gasteiger partial charge in [-0.3, -0.25) is 9.59 Å².